The lowest BCUT2D eigenvalue weighted by Crippen LogP contribution is -2.32. The minimum atomic E-state index is 0.392. The van der Waals surface area contributed by atoms with Gasteiger partial charge in [0.2, 0.25) is 0 Å². The minimum absolute atomic E-state index is 0.392. The largest absolute Gasteiger partial charge is 0.328 e. The molecule has 2 nitrogen and oxygen atoms in total. The van der Waals surface area contributed by atoms with Crippen molar-refractivity contribution in [2.45, 2.75) is 32.2 Å². The van der Waals surface area contributed by atoms with Crippen LogP contribution in [-0.2, 0) is 0 Å². The zero-order valence-electron chi connectivity index (χ0n) is 7.71. The normalized spacial score (nSPS) is 25.4. The fourth-order valence-corrected chi connectivity index (χ4v) is 1.82. The van der Waals surface area contributed by atoms with Crippen LogP contribution in [-0.4, -0.2) is 31.1 Å². The summed E-state index contributed by atoms with van der Waals surface area (Å²) in [7, 11) is 2.20. The summed E-state index contributed by atoms with van der Waals surface area (Å²) in [6.45, 7) is 4.63. The molecule has 66 valence electrons. The molecule has 1 heterocycles. The van der Waals surface area contributed by atoms with Crippen molar-refractivity contribution in [1.29, 1.82) is 0 Å². The molecular weight excluding hydrogens is 136 g/mol. The molecule has 2 heteroatoms. The molecule has 0 amide bonds. The molecular formula is C9H20N2. The van der Waals surface area contributed by atoms with Crippen LogP contribution < -0.4 is 5.73 Å². The van der Waals surface area contributed by atoms with E-state index in [0.29, 0.717) is 6.04 Å². The predicted octanol–water partition coefficient (Wildman–Crippen LogP) is 1.07. The highest BCUT2D eigenvalue weighted by Gasteiger charge is 2.17. The molecule has 1 atom stereocenters. The lowest BCUT2D eigenvalue weighted by Gasteiger charge is -2.29. The second-order valence-corrected chi connectivity index (χ2v) is 3.96. The zero-order chi connectivity index (χ0) is 8.27. The van der Waals surface area contributed by atoms with Gasteiger partial charge >= 0.3 is 0 Å². The Morgan fingerprint density at radius 3 is 2.45 bits per heavy atom. The average molecular weight is 156 g/mol. The van der Waals surface area contributed by atoms with E-state index in [1.807, 2.05) is 0 Å². The molecule has 2 N–H and O–H groups in total. The fraction of sp³-hybridized carbons (Fsp3) is 1.00. The van der Waals surface area contributed by atoms with Crippen LogP contribution in [0.4, 0.5) is 0 Å². The second kappa shape index (κ2) is 4.07. The molecule has 0 spiro atoms. The molecule has 0 radical (unpaired) electrons. The topological polar surface area (TPSA) is 29.3 Å². The fourth-order valence-electron chi connectivity index (χ4n) is 1.82. The predicted molar refractivity (Wildman–Crippen MR) is 48.5 cm³/mol. The molecule has 1 saturated heterocycles. The first-order valence-corrected chi connectivity index (χ1v) is 4.62. The summed E-state index contributed by atoms with van der Waals surface area (Å²) >= 11 is 0. The third-order valence-corrected chi connectivity index (χ3v) is 2.54. The van der Waals surface area contributed by atoms with Gasteiger partial charge in [0.05, 0.1) is 0 Å². The van der Waals surface area contributed by atoms with Gasteiger partial charge < -0.3 is 10.6 Å². The summed E-state index contributed by atoms with van der Waals surface area (Å²) in [6.07, 6.45) is 3.91. The van der Waals surface area contributed by atoms with E-state index in [4.69, 9.17) is 5.73 Å². The third kappa shape index (κ3) is 3.21. The van der Waals surface area contributed by atoms with E-state index in [1.54, 1.807) is 0 Å². The number of nitrogens with two attached hydrogens (primary N) is 1. The number of hydrogen-bond acceptors (Lipinski definition) is 2. The van der Waals surface area contributed by atoms with Crippen molar-refractivity contribution in [3.8, 4) is 0 Å². The summed E-state index contributed by atoms with van der Waals surface area (Å²) in [5.41, 5.74) is 5.74. The van der Waals surface area contributed by atoms with Crippen LogP contribution >= 0.6 is 0 Å². The lowest BCUT2D eigenvalue weighted by molar-refractivity contribution is 0.207. The monoisotopic (exact) mass is 156 g/mol. The SMILES string of the molecule is C[C@@H](N)CC1CCN(C)CC1. The van der Waals surface area contributed by atoms with Crippen molar-refractivity contribution < 1.29 is 0 Å². The maximum absolute atomic E-state index is 5.74. The maximum atomic E-state index is 5.74. The lowest BCUT2D eigenvalue weighted by atomic mass is 9.91. The zero-order valence-corrected chi connectivity index (χ0v) is 7.71. The Morgan fingerprint density at radius 2 is 2.00 bits per heavy atom. The van der Waals surface area contributed by atoms with Gasteiger partial charge in [-0.25, -0.2) is 0 Å². The van der Waals surface area contributed by atoms with Crippen molar-refractivity contribution in [3.05, 3.63) is 0 Å². The van der Waals surface area contributed by atoms with Gasteiger partial charge in [-0.15, -0.1) is 0 Å². The highest BCUT2D eigenvalue weighted by Crippen LogP contribution is 2.19. The van der Waals surface area contributed by atoms with Crippen molar-refractivity contribution in [2.75, 3.05) is 20.1 Å². The summed E-state index contributed by atoms with van der Waals surface area (Å²) in [5.74, 6) is 0.895. The molecule has 0 unspecified atom stereocenters. The standard InChI is InChI=1S/C9H20N2/c1-8(10)7-9-3-5-11(2)6-4-9/h8-9H,3-7,10H2,1-2H3/t8-/m1/s1. The Labute approximate surface area is 69.8 Å². The summed E-state index contributed by atoms with van der Waals surface area (Å²) in [5, 5.41) is 0. The van der Waals surface area contributed by atoms with E-state index in [9.17, 15) is 0 Å². The smallest absolute Gasteiger partial charge is 0.00131 e. The van der Waals surface area contributed by atoms with E-state index < -0.39 is 0 Å². The van der Waals surface area contributed by atoms with Crippen molar-refractivity contribution >= 4 is 0 Å². The molecule has 0 aliphatic carbocycles. The molecule has 0 saturated carbocycles. The first-order valence-electron chi connectivity index (χ1n) is 4.62. The highest BCUT2D eigenvalue weighted by atomic mass is 15.1. The molecule has 11 heavy (non-hydrogen) atoms. The first-order chi connectivity index (χ1) is 5.18. The minimum Gasteiger partial charge on any atom is -0.328 e. The number of hydrogen-bond donors (Lipinski definition) is 1. The van der Waals surface area contributed by atoms with Crippen LogP contribution in [0.15, 0.2) is 0 Å². The highest BCUT2D eigenvalue weighted by molar-refractivity contribution is 4.72. The maximum Gasteiger partial charge on any atom is 0.00131 e. The summed E-state index contributed by atoms with van der Waals surface area (Å²) < 4.78 is 0. The molecule has 1 fully saturated rings. The number of likely N-dealkylation sites (tertiary alicyclic amines) is 1. The van der Waals surface area contributed by atoms with E-state index >= 15 is 0 Å². The van der Waals surface area contributed by atoms with Gasteiger partial charge in [-0.3, -0.25) is 0 Å². The Balaban J connectivity index is 2.17. The van der Waals surface area contributed by atoms with Crippen LogP contribution in [0.2, 0.25) is 0 Å². The van der Waals surface area contributed by atoms with Crippen LogP contribution in [0.5, 0.6) is 0 Å². The van der Waals surface area contributed by atoms with Crippen molar-refractivity contribution in [2.24, 2.45) is 11.7 Å². The van der Waals surface area contributed by atoms with E-state index in [2.05, 4.69) is 18.9 Å². The molecule has 0 aromatic carbocycles. The van der Waals surface area contributed by atoms with Gasteiger partial charge in [-0.2, -0.15) is 0 Å². The van der Waals surface area contributed by atoms with Gasteiger partial charge in [0, 0.05) is 6.04 Å². The van der Waals surface area contributed by atoms with Gasteiger partial charge in [-0.05, 0) is 52.2 Å². The number of piperidine rings is 1. The van der Waals surface area contributed by atoms with Crippen molar-refractivity contribution in [3.63, 3.8) is 0 Å². The Hall–Kier alpha value is -0.0800. The number of rotatable bonds is 2. The van der Waals surface area contributed by atoms with E-state index in [-0.39, 0.29) is 0 Å². The Kier molecular flexibility index (Phi) is 3.34. The molecule has 0 aromatic heterocycles. The van der Waals surface area contributed by atoms with Crippen molar-refractivity contribution in [1.82, 2.24) is 4.90 Å². The average Bonchev–Trinajstić information content (AvgIpc) is 1.93. The van der Waals surface area contributed by atoms with Gasteiger partial charge in [-0.1, -0.05) is 0 Å². The van der Waals surface area contributed by atoms with Gasteiger partial charge in [0.15, 0.2) is 0 Å². The Bertz CT molecular complexity index is 104. The molecule has 1 aliphatic heterocycles. The molecule has 0 bridgehead atoms. The van der Waals surface area contributed by atoms with Crippen LogP contribution in [0, 0.1) is 5.92 Å². The first kappa shape index (κ1) is 9.01. The van der Waals surface area contributed by atoms with E-state index in [0.717, 1.165) is 5.92 Å². The summed E-state index contributed by atoms with van der Waals surface area (Å²) in [6, 6.07) is 0.392. The molecule has 1 rings (SSSR count). The quantitative estimate of drug-likeness (QED) is 0.648. The Morgan fingerprint density at radius 1 is 1.45 bits per heavy atom. The molecule has 0 aromatic rings. The molecule has 1 aliphatic rings. The van der Waals surface area contributed by atoms with Crippen LogP contribution in [0.1, 0.15) is 26.2 Å². The van der Waals surface area contributed by atoms with Gasteiger partial charge in [0.1, 0.15) is 0 Å². The van der Waals surface area contributed by atoms with E-state index in [1.165, 1.54) is 32.4 Å². The third-order valence-electron chi connectivity index (χ3n) is 2.54. The van der Waals surface area contributed by atoms with Crippen LogP contribution in [0.3, 0.4) is 0 Å². The number of nitrogens with zero attached hydrogens (tertiary/aromatic N) is 1. The summed E-state index contributed by atoms with van der Waals surface area (Å²) in [4.78, 5) is 2.40. The van der Waals surface area contributed by atoms with Crippen LogP contribution in [0.25, 0.3) is 0 Å². The van der Waals surface area contributed by atoms with Gasteiger partial charge in [0.25, 0.3) is 0 Å². The second-order valence-electron chi connectivity index (χ2n) is 3.96.